The summed E-state index contributed by atoms with van der Waals surface area (Å²) in [6.07, 6.45) is 3.45. The SMILES string of the molecule is COc1ccccc1Cn1nnnc1C(CCCCB1OC(C)(C)C(C)(C)O1)NC(c1ccccc1)(c1ccccc1)c1ccccc1. The Bertz CT molecular complexity index is 1630. The maximum Gasteiger partial charge on any atom is 0.457 e. The number of tetrazole rings is 1. The molecule has 0 spiro atoms. The molecule has 4 aromatic carbocycles. The molecule has 6 rings (SSSR count). The Morgan fingerprint density at radius 2 is 1.27 bits per heavy atom. The van der Waals surface area contributed by atoms with Crippen LogP contribution in [-0.2, 0) is 21.4 Å². The van der Waals surface area contributed by atoms with Crippen LogP contribution in [0.5, 0.6) is 5.75 Å². The normalized spacial score (nSPS) is 16.1. The molecule has 9 heteroatoms. The smallest absolute Gasteiger partial charge is 0.457 e. The Kier molecular flexibility index (Phi) is 10.1. The molecule has 0 amide bonds. The van der Waals surface area contributed by atoms with Crippen LogP contribution in [0, 0.1) is 0 Å². The average molecular weight is 644 g/mol. The molecule has 1 aliphatic rings. The molecule has 1 atom stereocenters. The highest BCUT2D eigenvalue weighted by Crippen LogP contribution is 2.41. The number of rotatable bonds is 14. The standard InChI is InChI=1S/C39H46BN5O3/c1-37(2)38(3,4)48-40(47-37)28-18-17-26-34(36-42-43-44-45(36)29-30-19-15-16-27-35(30)46-5)41-39(31-20-9-6-10-21-31,32-22-11-7-12-23-32)33-24-13-8-14-25-33/h6-16,19-25,27,34,41H,17-18,26,28-29H2,1-5H3. The van der Waals surface area contributed by atoms with Crippen LogP contribution in [0.2, 0.25) is 6.32 Å². The van der Waals surface area contributed by atoms with Crippen LogP contribution in [0.15, 0.2) is 115 Å². The highest BCUT2D eigenvalue weighted by molar-refractivity contribution is 6.45. The van der Waals surface area contributed by atoms with Gasteiger partial charge in [-0.1, -0.05) is 122 Å². The molecule has 0 radical (unpaired) electrons. The molecule has 0 saturated carbocycles. The molecule has 1 fully saturated rings. The van der Waals surface area contributed by atoms with Gasteiger partial charge >= 0.3 is 7.12 Å². The summed E-state index contributed by atoms with van der Waals surface area (Å²) in [5.74, 6) is 1.57. The number of hydrogen-bond donors (Lipinski definition) is 1. The van der Waals surface area contributed by atoms with Crippen LogP contribution >= 0.6 is 0 Å². The number of hydrogen-bond acceptors (Lipinski definition) is 7. The Labute approximate surface area is 285 Å². The van der Waals surface area contributed by atoms with Gasteiger partial charge in [-0.05, 0) is 73.6 Å². The minimum absolute atomic E-state index is 0.214. The van der Waals surface area contributed by atoms with Crippen LogP contribution in [0.3, 0.4) is 0 Å². The van der Waals surface area contributed by atoms with Gasteiger partial charge in [-0.2, -0.15) is 0 Å². The predicted molar refractivity (Wildman–Crippen MR) is 190 cm³/mol. The van der Waals surface area contributed by atoms with Gasteiger partial charge in [0, 0.05) is 5.56 Å². The third-order valence-corrected chi connectivity index (χ3v) is 9.88. The van der Waals surface area contributed by atoms with Crippen LogP contribution in [0.4, 0.5) is 0 Å². The molecule has 5 aromatic rings. The van der Waals surface area contributed by atoms with Gasteiger partial charge in [0.2, 0.25) is 0 Å². The van der Waals surface area contributed by atoms with Crippen LogP contribution in [0.25, 0.3) is 0 Å². The molecule has 1 saturated heterocycles. The van der Waals surface area contributed by atoms with E-state index in [1.165, 1.54) is 0 Å². The fraction of sp³-hybridized carbons (Fsp3) is 0.359. The zero-order valence-corrected chi connectivity index (χ0v) is 28.7. The molecular formula is C39H46BN5O3. The van der Waals surface area contributed by atoms with E-state index >= 15 is 0 Å². The maximum absolute atomic E-state index is 6.32. The van der Waals surface area contributed by atoms with Gasteiger partial charge in [-0.25, -0.2) is 4.68 Å². The first-order chi connectivity index (χ1) is 23.2. The molecule has 0 bridgehead atoms. The highest BCUT2D eigenvalue weighted by atomic mass is 16.7. The summed E-state index contributed by atoms with van der Waals surface area (Å²) < 4.78 is 20.2. The molecule has 48 heavy (non-hydrogen) atoms. The topological polar surface area (TPSA) is 83.3 Å². The van der Waals surface area contributed by atoms with Gasteiger partial charge in [0.15, 0.2) is 5.82 Å². The lowest BCUT2D eigenvalue weighted by Gasteiger charge is -2.40. The fourth-order valence-electron chi connectivity index (χ4n) is 6.65. The Hall–Kier alpha value is -4.31. The largest absolute Gasteiger partial charge is 0.496 e. The maximum atomic E-state index is 6.32. The number of methoxy groups -OCH3 is 1. The third kappa shape index (κ3) is 6.95. The van der Waals surface area contributed by atoms with E-state index in [4.69, 9.17) is 14.0 Å². The van der Waals surface area contributed by atoms with E-state index in [2.05, 4.69) is 146 Å². The average Bonchev–Trinajstić information content (AvgIpc) is 3.65. The zero-order chi connectivity index (χ0) is 33.6. The van der Waals surface area contributed by atoms with Crippen molar-refractivity contribution in [1.29, 1.82) is 0 Å². The van der Waals surface area contributed by atoms with Crippen LogP contribution < -0.4 is 10.1 Å². The molecule has 1 aromatic heterocycles. The second kappa shape index (κ2) is 14.4. The first-order valence-electron chi connectivity index (χ1n) is 16.9. The van der Waals surface area contributed by atoms with E-state index in [1.54, 1.807) is 7.11 Å². The molecule has 1 unspecified atom stereocenters. The zero-order valence-electron chi connectivity index (χ0n) is 28.7. The van der Waals surface area contributed by atoms with Gasteiger partial charge in [0.05, 0.1) is 36.4 Å². The summed E-state index contributed by atoms with van der Waals surface area (Å²) in [5, 5.41) is 17.6. The summed E-state index contributed by atoms with van der Waals surface area (Å²) in [7, 11) is 1.46. The lowest BCUT2D eigenvalue weighted by atomic mass is 9.76. The van der Waals surface area contributed by atoms with Crippen molar-refractivity contribution < 1.29 is 14.0 Å². The minimum Gasteiger partial charge on any atom is -0.496 e. The number of unbranched alkanes of at least 4 members (excludes halogenated alkanes) is 1. The van der Waals surface area contributed by atoms with E-state index in [0.717, 1.165) is 59.4 Å². The second-order valence-electron chi connectivity index (χ2n) is 13.5. The molecular weight excluding hydrogens is 597 g/mol. The summed E-state index contributed by atoms with van der Waals surface area (Å²) >= 11 is 0. The molecule has 1 aliphatic heterocycles. The van der Waals surface area contributed by atoms with Crippen molar-refractivity contribution in [2.24, 2.45) is 0 Å². The number of aromatic nitrogens is 4. The molecule has 0 aliphatic carbocycles. The van der Waals surface area contributed by atoms with Crippen molar-refractivity contribution in [1.82, 2.24) is 25.5 Å². The first-order valence-corrected chi connectivity index (χ1v) is 16.9. The van der Waals surface area contributed by atoms with Crippen molar-refractivity contribution in [3.8, 4) is 5.75 Å². The van der Waals surface area contributed by atoms with E-state index in [1.807, 2.05) is 22.9 Å². The van der Waals surface area contributed by atoms with Crippen molar-refractivity contribution in [2.75, 3.05) is 7.11 Å². The third-order valence-electron chi connectivity index (χ3n) is 9.88. The minimum atomic E-state index is -0.693. The van der Waals surface area contributed by atoms with Crippen molar-refractivity contribution in [3.05, 3.63) is 143 Å². The van der Waals surface area contributed by atoms with E-state index in [-0.39, 0.29) is 24.4 Å². The summed E-state index contributed by atoms with van der Waals surface area (Å²) in [6.45, 7) is 8.89. The second-order valence-corrected chi connectivity index (χ2v) is 13.5. The lowest BCUT2D eigenvalue weighted by Crippen LogP contribution is -2.47. The molecule has 248 valence electrons. The Morgan fingerprint density at radius 3 is 1.81 bits per heavy atom. The number of ether oxygens (including phenoxy) is 1. The Morgan fingerprint density at radius 1 is 0.750 bits per heavy atom. The number of benzene rings is 4. The Balaban J connectivity index is 1.38. The number of para-hydroxylation sites is 1. The highest BCUT2D eigenvalue weighted by Gasteiger charge is 2.50. The van der Waals surface area contributed by atoms with E-state index < -0.39 is 5.54 Å². The first kappa shape index (κ1) is 33.6. The van der Waals surface area contributed by atoms with Gasteiger partial charge in [-0.3, -0.25) is 5.32 Å². The summed E-state index contributed by atoms with van der Waals surface area (Å²) in [5.41, 5.74) is 3.02. The molecule has 8 nitrogen and oxygen atoms in total. The summed E-state index contributed by atoms with van der Waals surface area (Å²) in [6, 6.07) is 39.7. The van der Waals surface area contributed by atoms with Crippen molar-refractivity contribution in [3.63, 3.8) is 0 Å². The van der Waals surface area contributed by atoms with E-state index in [0.29, 0.717) is 6.54 Å². The molecule has 1 N–H and O–H groups in total. The van der Waals surface area contributed by atoms with Crippen molar-refractivity contribution >= 4 is 7.12 Å². The monoisotopic (exact) mass is 643 g/mol. The summed E-state index contributed by atoms with van der Waals surface area (Å²) in [4.78, 5) is 0. The van der Waals surface area contributed by atoms with Crippen LogP contribution in [0.1, 0.15) is 81.1 Å². The van der Waals surface area contributed by atoms with Gasteiger partial charge in [-0.15, -0.1) is 5.10 Å². The fourth-order valence-corrected chi connectivity index (χ4v) is 6.65. The van der Waals surface area contributed by atoms with Crippen molar-refractivity contribution in [2.45, 2.75) is 82.6 Å². The predicted octanol–water partition coefficient (Wildman–Crippen LogP) is 7.62. The van der Waals surface area contributed by atoms with Gasteiger partial charge in [0.1, 0.15) is 5.75 Å². The van der Waals surface area contributed by atoms with Crippen LogP contribution in [-0.4, -0.2) is 45.6 Å². The quantitative estimate of drug-likeness (QED) is 0.0758. The van der Waals surface area contributed by atoms with Gasteiger partial charge < -0.3 is 14.0 Å². The number of nitrogens with one attached hydrogen (secondary N) is 1. The number of nitrogens with zero attached hydrogens (tertiary/aromatic N) is 4. The lowest BCUT2D eigenvalue weighted by molar-refractivity contribution is 0.00578. The van der Waals surface area contributed by atoms with Gasteiger partial charge in [0.25, 0.3) is 0 Å². The van der Waals surface area contributed by atoms with E-state index in [9.17, 15) is 0 Å². The molecule has 2 heterocycles.